The number of alkyl halides is 3. The van der Waals surface area contributed by atoms with Crippen molar-refractivity contribution in [3.8, 4) is 0 Å². The molecule has 1 aromatic heterocycles. The molecule has 0 radical (unpaired) electrons. The fourth-order valence-corrected chi connectivity index (χ4v) is 2.25. The molecule has 1 aromatic carbocycles. The number of H-pyrrole nitrogens is 1. The Hall–Kier alpha value is -2.64. The first-order chi connectivity index (χ1) is 11.2. The van der Waals surface area contributed by atoms with Crippen LogP contribution in [0.1, 0.15) is 29.1 Å². The minimum atomic E-state index is -4.42. The molecule has 0 fully saturated rings. The number of rotatable bonds is 4. The van der Waals surface area contributed by atoms with E-state index >= 15 is 0 Å². The number of anilines is 1. The highest BCUT2D eigenvalue weighted by atomic mass is 19.4. The summed E-state index contributed by atoms with van der Waals surface area (Å²) >= 11 is 0. The second-order valence-corrected chi connectivity index (χ2v) is 5.34. The van der Waals surface area contributed by atoms with Crippen LogP contribution in [0.4, 0.5) is 18.9 Å². The predicted octanol–water partition coefficient (Wildman–Crippen LogP) is 2.98. The number of aromatic nitrogens is 2. The number of carbonyl (C=O) groups is 1. The fourth-order valence-electron chi connectivity index (χ4n) is 2.25. The molecule has 24 heavy (non-hydrogen) atoms. The van der Waals surface area contributed by atoms with Crippen LogP contribution in [0.15, 0.2) is 29.1 Å². The summed E-state index contributed by atoms with van der Waals surface area (Å²) in [5.74, 6) is 0.101. The van der Waals surface area contributed by atoms with Gasteiger partial charge < -0.3 is 10.3 Å². The van der Waals surface area contributed by atoms with Crippen LogP contribution in [0.3, 0.4) is 0 Å². The van der Waals surface area contributed by atoms with E-state index in [0.717, 1.165) is 12.1 Å². The van der Waals surface area contributed by atoms with Crippen LogP contribution < -0.4 is 10.9 Å². The minimum absolute atomic E-state index is 0.0235. The van der Waals surface area contributed by atoms with Crippen LogP contribution in [0, 0.1) is 13.8 Å². The summed E-state index contributed by atoms with van der Waals surface area (Å²) < 4.78 is 37.4. The summed E-state index contributed by atoms with van der Waals surface area (Å²) in [4.78, 5) is 30.4. The summed E-state index contributed by atoms with van der Waals surface area (Å²) in [6.45, 7) is 3.35. The van der Waals surface area contributed by atoms with E-state index in [4.69, 9.17) is 0 Å². The highest BCUT2D eigenvalue weighted by Gasteiger charge is 2.29. The molecule has 5 nitrogen and oxygen atoms in total. The smallest absolute Gasteiger partial charge is 0.326 e. The first-order valence-electron chi connectivity index (χ1n) is 7.20. The Morgan fingerprint density at radius 3 is 2.38 bits per heavy atom. The Balaban J connectivity index is 1.98. The SMILES string of the molecule is Cc1nc(C)c(CCC(=O)Nc2ccc(C(F)(F)F)cc2)c(=O)[nH]1. The number of nitrogens with one attached hydrogen (secondary N) is 2. The maximum Gasteiger partial charge on any atom is 0.416 e. The van der Waals surface area contributed by atoms with Crippen molar-refractivity contribution in [2.75, 3.05) is 5.32 Å². The van der Waals surface area contributed by atoms with Gasteiger partial charge in [-0.3, -0.25) is 9.59 Å². The Labute approximate surface area is 135 Å². The minimum Gasteiger partial charge on any atom is -0.326 e. The van der Waals surface area contributed by atoms with Gasteiger partial charge in [0.15, 0.2) is 0 Å². The molecule has 0 atom stereocenters. The summed E-state index contributed by atoms with van der Waals surface area (Å²) in [5.41, 5.74) is 0.165. The third-order valence-corrected chi connectivity index (χ3v) is 3.44. The third-order valence-electron chi connectivity index (χ3n) is 3.44. The molecule has 0 bridgehead atoms. The van der Waals surface area contributed by atoms with Crippen LogP contribution in [-0.2, 0) is 17.4 Å². The van der Waals surface area contributed by atoms with Crippen LogP contribution in [-0.4, -0.2) is 15.9 Å². The Morgan fingerprint density at radius 2 is 1.83 bits per heavy atom. The van der Waals surface area contributed by atoms with Gasteiger partial charge in [-0.15, -0.1) is 0 Å². The summed E-state index contributed by atoms with van der Waals surface area (Å²) in [5, 5.41) is 2.50. The lowest BCUT2D eigenvalue weighted by molar-refractivity contribution is -0.137. The average Bonchev–Trinajstić information content (AvgIpc) is 2.45. The second-order valence-electron chi connectivity index (χ2n) is 5.34. The van der Waals surface area contributed by atoms with E-state index in [2.05, 4.69) is 15.3 Å². The second kappa shape index (κ2) is 6.86. The van der Waals surface area contributed by atoms with E-state index in [9.17, 15) is 22.8 Å². The van der Waals surface area contributed by atoms with Crippen LogP contribution in [0.25, 0.3) is 0 Å². The average molecular weight is 339 g/mol. The standard InChI is InChI=1S/C16H16F3N3O2/c1-9-13(15(24)21-10(2)20-9)7-8-14(23)22-12-5-3-11(4-6-12)16(17,18)19/h3-6H,7-8H2,1-2H3,(H,22,23)(H,20,21,24). The van der Waals surface area contributed by atoms with Crippen LogP contribution in [0.2, 0.25) is 0 Å². The lowest BCUT2D eigenvalue weighted by atomic mass is 10.1. The van der Waals surface area contributed by atoms with Crippen LogP contribution in [0.5, 0.6) is 0 Å². The van der Waals surface area contributed by atoms with Crippen molar-refractivity contribution in [2.45, 2.75) is 32.9 Å². The number of hydrogen-bond donors (Lipinski definition) is 2. The summed E-state index contributed by atoms with van der Waals surface area (Å²) in [6.07, 6.45) is -4.20. The Morgan fingerprint density at radius 1 is 1.21 bits per heavy atom. The molecule has 0 saturated carbocycles. The van der Waals surface area contributed by atoms with Crippen LogP contribution >= 0.6 is 0 Å². The largest absolute Gasteiger partial charge is 0.416 e. The number of hydrogen-bond acceptors (Lipinski definition) is 3. The van der Waals surface area contributed by atoms with Crippen molar-refractivity contribution in [1.82, 2.24) is 9.97 Å². The lowest BCUT2D eigenvalue weighted by Crippen LogP contribution is -2.20. The van der Waals surface area contributed by atoms with Gasteiger partial charge in [0.25, 0.3) is 5.56 Å². The third kappa shape index (κ3) is 4.43. The molecular weight excluding hydrogens is 323 g/mol. The molecule has 2 aromatic rings. The molecule has 0 unspecified atom stereocenters. The van der Waals surface area contributed by atoms with Gasteiger partial charge in [-0.1, -0.05) is 0 Å². The number of carbonyl (C=O) groups excluding carboxylic acids is 1. The molecule has 8 heteroatoms. The van der Waals surface area contributed by atoms with Crippen molar-refractivity contribution in [1.29, 1.82) is 0 Å². The maximum atomic E-state index is 12.5. The number of benzene rings is 1. The van der Waals surface area contributed by atoms with Gasteiger partial charge >= 0.3 is 6.18 Å². The molecule has 1 amide bonds. The van der Waals surface area contributed by atoms with E-state index in [1.807, 2.05) is 0 Å². The van der Waals surface area contributed by atoms with Gasteiger partial charge in [0.2, 0.25) is 5.91 Å². The zero-order valence-electron chi connectivity index (χ0n) is 13.1. The quantitative estimate of drug-likeness (QED) is 0.899. The first-order valence-corrected chi connectivity index (χ1v) is 7.20. The highest BCUT2D eigenvalue weighted by molar-refractivity contribution is 5.90. The zero-order valence-corrected chi connectivity index (χ0v) is 13.1. The van der Waals surface area contributed by atoms with Crippen molar-refractivity contribution >= 4 is 11.6 Å². The van der Waals surface area contributed by atoms with Gasteiger partial charge in [-0.05, 0) is 44.5 Å². The van der Waals surface area contributed by atoms with Gasteiger partial charge in [0.1, 0.15) is 5.82 Å². The number of halogens is 3. The number of amides is 1. The number of aromatic amines is 1. The van der Waals surface area contributed by atoms with E-state index in [1.54, 1.807) is 13.8 Å². The topological polar surface area (TPSA) is 74.8 Å². The van der Waals surface area contributed by atoms with Gasteiger partial charge in [-0.2, -0.15) is 13.2 Å². The highest BCUT2D eigenvalue weighted by Crippen LogP contribution is 2.29. The van der Waals surface area contributed by atoms with Gasteiger partial charge in [0, 0.05) is 23.4 Å². The van der Waals surface area contributed by atoms with Gasteiger partial charge in [-0.25, -0.2) is 4.98 Å². The maximum absolute atomic E-state index is 12.5. The van der Waals surface area contributed by atoms with Crippen molar-refractivity contribution in [2.24, 2.45) is 0 Å². The normalized spacial score (nSPS) is 11.4. The van der Waals surface area contributed by atoms with Crippen molar-refractivity contribution in [3.05, 3.63) is 57.3 Å². The van der Waals surface area contributed by atoms with E-state index in [0.29, 0.717) is 17.1 Å². The van der Waals surface area contributed by atoms with Gasteiger partial charge in [0.05, 0.1) is 5.56 Å². The number of aryl methyl sites for hydroxylation is 2. The Bertz CT molecular complexity index is 796. The molecule has 0 aliphatic carbocycles. The molecule has 128 valence electrons. The monoisotopic (exact) mass is 339 g/mol. The van der Waals surface area contributed by atoms with E-state index < -0.39 is 17.6 Å². The lowest BCUT2D eigenvalue weighted by Gasteiger charge is -2.09. The molecule has 0 aliphatic rings. The molecular formula is C16H16F3N3O2. The summed E-state index contributed by atoms with van der Waals surface area (Å²) in [6, 6.07) is 4.17. The summed E-state index contributed by atoms with van der Waals surface area (Å²) in [7, 11) is 0. The number of nitrogens with zero attached hydrogens (tertiary/aromatic N) is 1. The fraction of sp³-hybridized carbons (Fsp3) is 0.312. The molecule has 2 rings (SSSR count). The molecule has 0 spiro atoms. The van der Waals surface area contributed by atoms with Crippen molar-refractivity contribution < 1.29 is 18.0 Å². The zero-order chi connectivity index (χ0) is 17.9. The Kier molecular flexibility index (Phi) is 5.06. The molecule has 0 saturated heterocycles. The first kappa shape index (κ1) is 17.7. The molecule has 1 heterocycles. The molecule has 0 aliphatic heterocycles. The van der Waals surface area contributed by atoms with E-state index in [1.165, 1.54) is 12.1 Å². The molecule has 2 N–H and O–H groups in total. The predicted molar refractivity (Wildman–Crippen MR) is 82.7 cm³/mol. The van der Waals surface area contributed by atoms with E-state index in [-0.39, 0.29) is 24.1 Å². The van der Waals surface area contributed by atoms with Crippen molar-refractivity contribution in [3.63, 3.8) is 0 Å².